The lowest BCUT2D eigenvalue weighted by Gasteiger charge is -2.04. The molecule has 0 amide bonds. The molecule has 0 saturated heterocycles. The molecule has 0 aliphatic heterocycles. The quantitative estimate of drug-likeness (QED) is 0.612. The maximum absolute atomic E-state index is 9.53. The highest BCUT2D eigenvalue weighted by Gasteiger charge is 2.02. The minimum Gasteiger partial charge on any atom is -0.508 e. The minimum absolute atomic E-state index is 0.217. The summed E-state index contributed by atoms with van der Waals surface area (Å²) in [6, 6.07) is 15.7. The van der Waals surface area contributed by atoms with E-state index >= 15 is 0 Å². The fourth-order valence-electron chi connectivity index (χ4n) is 2.80. The molecule has 2 aromatic carbocycles. The first-order chi connectivity index (χ1) is 12.1. The van der Waals surface area contributed by atoms with Crippen molar-refractivity contribution < 1.29 is 10.2 Å². The number of nitrogens with zero attached hydrogens (tertiary/aromatic N) is 1. The van der Waals surface area contributed by atoms with Gasteiger partial charge in [0, 0.05) is 17.1 Å². The Kier molecular flexibility index (Phi) is 5.46. The van der Waals surface area contributed by atoms with Crippen molar-refractivity contribution in [1.29, 1.82) is 0 Å². The first kappa shape index (κ1) is 17.2. The highest BCUT2D eigenvalue weighted by atomic mass is 16.3. The van der Waals surface area contributed by atoms with Crippen LogP contribution >= 0.6 is 0 Å². The average molecular weight is 333 g/mol. The second-order valence-electron chi connectivity index (χ2n) is 6.41. The number of unbranched alkanes of at least 4 members (excludes halogenated alkanes) is 1. The lowest BCUT2D eigenvalue weighted by molar-refractivity contribution is 0.182. The molecule has 0 fully saturated rings. The molecule has 1 unspecified atom stereocenters. The summed E-state index contributed by atoms with van der Waals surface area (Å²) in [6.45, 7) is 1.83. The molecule has 0 aliphatic rings. The van der Waals surface area contributed by atoms with Crippen molar-refractivity contribution in [2.24, 2.45) is 0 Å². The van der Waals surface area contributed by atoms with E-state index in [9.17, 15) is 10.2 Å². The second-order valence-corrected chi connectivity index (χ2v) is 6.41. The number of aliphatic hydroxyl groups is 1. The maximum Gasteiger partial charge on any atom is 0.116 e. The van der Waals surface area contributed by atoms with Crippen molar-refractivity contribution in [3.63, 3.8) is 0 Å². The molecule has 1 atom stereocenters. The average Bonchev–Trinajstić information content (AvgIpc) is 2.61. The van der Waals surface area contributed by atoms with E-state index < -0.39 is 0 Å². The van der Waals surface area contributed by atoms with Gasteiger partial charge < -0.3 is 10.2 Å². The summed E-state index contributed by atoms with van der Waals surface area (Å²) in [6.07, 6.45) is 8.66. The number of allylic oxidation sites excluding steroid dienone is 1. The van der Waals surface area contributed by atoms with Crippen LogP contribution in [-0.2, 0) is 0 Å². The predicted molar refractivity (Wildman–Crippen MR) is 103 cm³/mol. The maximum atomic E-state index is 9.53. The van der Waals surface area contributed by atoms with Gasteiger partial charge in [-0.25, -0.2) is 0 Å². The number of pyridine rings is 1. The number of phenolic OH excluding ortho intramolecular Hbond substituents is 1. The highest BCUT2D eigenvalue weighted by molar-refractivity contribution is 5.86. The standard InChI is InChI=1S/C22H23NO2/c1-16(24)5-3-2-4-6-17-7-9-18(10-8-17)22-14-19-11-12-21(25)13-20(19)15-23-22/h4,6-16,24-25H,2-3,5H2,1H3. The molecule has 2 N–H and O–H groups in total. The van der Waals surface area contributed by atoms with Crippen LogP contribution in [0.2, 0.25) is 0 Å². The SMILES string of the molecule is CC(O)CCCC=Cc1ccc(-c2cc3ccc(O)cc3cn2)cc1. The largest absolute Gasteiger partial charge is 0.508 e. The van der Waals surface area contributed by atoms with E-state index in [2.05, 4.69) is 41.4 Å². The zero-order chi connectivity index (χ0) is 17.6. The summed E-state index contributed by atoms with van der Waals surface area (Å²) in [5.41, 5.74) is 3.15. The summed E-state index contributed by atoms with van der Waals surface area (Å²) in [4.78, 5) is 4.50. The van der Waals surface area contributed by atoms with E-state index in [-0.39, 0.29) is 11.9 Å². The Morgan fingerprint density at radius 1 is 1.04 bits per heavy atom. The molecule has 0 radical (unpaired) electrons. The second kappa shape index (κ2) is 7.95. The van der Waals surface area contributed by atoms with Crippen LogP contribution in [0.25, 0.3) is 28.1 Å². The molecule has 3 heteroatoms. The van der Waals surface area contributed by atoms with Crippen LogP contribution in [0.1, 0.15) is 31.7 Å². The molecule has 25 heavy (non-hydrogen) atoms. The molecule has 0 spiro atoms. The van der Waals surface area contributed by atoms with Crippen molar-refractivity contribution in [2.75, 3.05) is 0 Å². The third-order valence-electron chi connectivity index (χ3n) is 4.21. The van der Waals surface area contributed by atoms with Gasteiger partial charge in [-0.15, -0.1) is 0 Å². The molecule has 1 aromatic heterocycles. The van der Waals surface area contributed by atoms with Gasteiger partial charge in [-0.3, -0.25) is 4.98 Å². The Labute approximate surface area is 148 Å². The molecule has 1 heterocycles. The van der Waals surface area contributed by atoms with Crippen LogP contribution in [0.3, 0.4) is 0 Å². The third kappa shape index (κ3) is 4.68. The third-order valence-corrected chi connectivity index (χ3v) is 4.21. The molecule has 3 nitrogen and oxygen atoms in total. The summed E-state index contributed by atoms with van der Waals surface area (Å²) in [5.74, 6) is 0.256. The zero-order valence-electron chi connectivity index (χ0n) is 14.4. The van der Waals surface area contributed by atoms with Gasteiger partial charge in [0.05, 0.1) is 11.8 Å². The van der Waals surface area contributed by atoms with Gasteiger partial charge in [0.1, 0.15) is 5.75 Å². The van der Waals surface area contributed by atoms with E-state index in [1.807, 2.05) is 19.1 Å². The predicted octanol–water partition coefficient (Wildman–Crippen LogP) is 5.17. The fraction of sp³-hybridized carbons (Fsp3) is 0.227. The van der Waals surface area contributed by atoms with Crippen molar-refractivity contribution >= 4 is 16.8 Å². The van der Waals surface area contributed by atoms with Gasteiger partial charge in [0.25, 0.3) is 0 Å². The fourth-order valence-corrected chi connectivity index (χ4v) is 2.80. The molecular weight excluding hydrogens is 310 g/mol. The molecule has 3 aromatic rings. The highest BCUT2D eigenvalue weighted by Crippen LogP contribution is 2.25. The van der Waals surface area contributed by atoms with Crippen LogP contribution in [0, 0.1) is 0 Å². The first-order valence-corrected chi connectivity index (χ1v) is 8.65. The smallest absolute Gasteiger partial charge is 0.116 e. The van der Waals surface area contributed by atoms with E-state index in [0.29, 0.717) is 0 Å². The van der Waals surface area contributed by atoms with Crippen molar-refractivity contribution in [1.82, 2.24) is 4.98 Å². The van der Waals surface area contributed by atoms with Crippen LogP contribution in [0.4, 0.5) is 0 Å². The minimum atomic E-state index is -0.217. The van der Waals surface area contributed by atoms with Gasteiger partial charge in [-0.1, -0.05) is 42.5 Å². The van der Waals surface area contributed by atoms with E-state index in [1.54, 1.807) is 18.3 Å². The monoisotopic (exact) mass is 333 g/mol. The lowest BCUT2D eigenvalue weighted by atomic mass is 10.0. The normalized spacial score (nSPS) is 12.7. The summed E-state index contributed by atoms with van der Waals surface area (Å²) in [7, 11) is 0. The Hall–Kier alpha value is -2.65. The van der Waals surface area contributed by atoms with Crippen molar-refractivity contribution in [2.45, 2.75) is 32.3 Å². The lowest BCUT2D eigenvalue weighted by Crippen LogP contribution is -1.97. The Morgan fingerprint density at radius 3 is 2.60 bits per heavy atom. The Morgan fingerprint density at radius 2 is 1.84 bits per heavy atom. The van der Waals surface area contributed by atoms with Gasteiger partial charge in [-0.05, 0) is 55.3 Å². The number of hydrogen-bond acceptors (Lipinski definition) is 3. The number of phenols is 1. The number of rotatable bonds is 6. The van der Waals surface area contributed by atoms with E-state index in [0.717, 1.165) is 46.9 Å². The molecule has 3 rings (SSSR count). The summed E-state index contributed by atoms with van der Waals surface area (Å²) < 4.78 is 0. The molecule has 0 saturated carbocycles. The number of fused-ring (bicyclic) bond motifs is 1. The van der Waals surface area contributed by atoms with Crippen LogP contribution in [0.5, 0.6) is 5.75 Å². The molecule has 128 valence electrons. The number of hydrogen-bond donors (Lipinski definition) is 2. The Bertz CT molecular complexity index is 867. The van der Waals surface area contributed by atoms with Crippen LogP contribution in [-0.4, -0.2) is 21.3 Å². The summed E-state index contributed by atoms with van der Waals surface area (Å²) in [5, 5.41) is 20.8. The Balaban J connectivity index is 1.69. The van der Waals surface area contributed by atoms with Gasteiger partial charge >= 0.3 is 0 Å². The number of aliphatic hydroxyl groups excluding tert-OH is 1. The van der Waals surface area contributed by atoms with Crippen molar-refractivity contribution in [3.05, 3.63) is 66.4 Å². The topological polar surface area (TPSA) is 53.4 Å². The van der Waals surface area contributed by atoms with Crippen molar-refractivity contribution in [3.8, 4) is 17.0 Å². The first-order valence-electron chi connectivity index (χ1n) is 8.65. The molecule has 0 bridgehead atoms. The van der Waals surface area contributed by atoms with Gasteiger partial charge in [0.2, 0.25) is 0 Å². The van der Waals surface area contributed by atoms with Crippen LogP contribution < -0.4 is 0 Å². The number of benzene rings is 2. The number of aromatic nitrogens is 1. The molecule has 0 aliphatic carbocycles. The van der Waals surface area contributed by atoms with Gasteiger partial charge in [-0.2, -0.15) is 0 Å². The number of aromatic hydroxyl groups is 1. The van der Waals surface area contributed by atoms with E-state index in [4.69, 9.17) is 0 Å². The summed E-state index contributed by atoms with van der Waals surface area (Å²) >= 11 is 0. The van der Waals surface area contributed by atoms with Gasteiger partial charge in [0.15, 0.2) is 0 Å². The van der Waals surface area contributed by atoms with E-state index in [1.165, 1.54) is 0 Å². The molecular formula is C22H23NO2. The zero-order valence-corrected chi connectivity index (χ0v) is 14.4. The van der Waals surface area contributed by atoms with Crippen LogP contribution in [0.15, 0.2) is 60.8 Å².